The molecule has 0 aromatic rings. The molecule has 3 fully saturated rings. The van der Waals surface area contributed by atoms with E-state index >= 15 is 0 Å². The van der Waals surface area contributed by atoms with Crippen LogP contribution in [0.25, 0.3) is 0 Å². The standard InChI is InChI=1S/C8H14N2O4S2/c11-15(12)1-5-6(2-15)10-8-4-16(13,14)3-7(8)9-5/h5-10H,1-4H2/t5-,6-,7-,8+/m0/s1. The Kier molecular flexibility index (Phi) is 2.18. The molecule has 8 heteroatoms. The summed E-state index contributed by atoms with van der Waals surface area (Å²) in [5.74, 6) is 0.476. The Morgan fingerprint density at radius 3 is 1.12 bits per heavy atom. The number of nitrogens with one attached hydrogen (secondary N) is 2. The lowest BCUT2D eigenvalue weighted by atomic mass is 10.0. The first-order chi connectivity index (χ1) is 7.35. The Labute approximate surface area is 94.6 Å². The second-order valence-electron chi connectivity index (χ2n) is 4.91. The van der Waals surface area contributed by atoms with Gasteiger partial charge in [0.2, 0.25) is 0 Å². The zero-order chi connectivity index (χ0) is 11.6. The topological polar surface area (TPSA) is 92.3 Å². The van der Waals surface area contributed by atoms with Gasteiger partial charge in [0.15, 0.2) is 19.7 Å². The van der Waals surface area contributed by atoms with Gasteiger partial charge >= 0.3 is 0 Å². The molecule has 0 unspecified atom stereocenters. The second kappa shape index (κ2) is 3.18. The predicted octanol–water partition coefficient (Wildman–Crippen LogP) is -2.49. The van der Waals surface area contributed by atoms with Crippen molar-refractivity contribution in [3.8, 4) is 0 Å². The van der Waals surface area contributed by atoms with E-state index in [9.17, 15) is 16.8 Å². The van der Waals surface area contributed by atoms with Crippen LogP contribution in [0.4, 0.5) is 0 Å². The summed E-state index contributed by atoms with van der Waals surface area (Å²) in [6.07, 6.45) is 0. The van der Waals surface area contributed by atoms with Crippen LogP contribution in [0.1, 0.15) is 0 Å². The molecule has 3 rings (SSSR count). The first-order valence-electron chi connectivity index (χ1n) is 5.28. The third kappa shape index (κ3) is 1.77. The number of rotatable bonds is 0. The maximum atomic E-state index is 11.4. The SMILES string of the molecule is O=S1(=O)C[C@@H]2N[C@H]3CS(=O)(=O)C[C@H]3N[C@H]2C1. The Hall–Kier alpha value is -0.180. The monoisotopic (exact) mass is 266 g/mol. The Morgan fingerprint density at radius 1 is 0.625 bits per heavy atom. The molecule has 3 heterocycles. The number of sulfone groups is 2. The molecule has 0 aromatic heterocycles. The third-order valence-corrected chi connectivity index (χ3v) is 7.03. The molecule has 0 aromatic carbocycles. The van der Waals surface area contributed by atoms with E-state index < -0.39 is 19.7 Å². The minimum Gasteiger partial charge on any atom is -0.306 e. The maximum absolute atomic E-state index is 11.4. The third-order valence-electron chi connectivity index (χ3n) is 3.56. The van der Waals surface area contributed by atoms with E-state index in [0.29, 0.717) is 0 Å². The van der Waals surface area contributed by atoms with E-state index in [1.807, 2.05) is 0 Å². The highest BCUT2D eigenvalue weighted by Crippen LogP contribution is 2.23. The lowest BCUT2D eigenvalue weighted by molar-refractivity contribution is 0.276. The molecular weight excluding hydrogens is 252 g/mol. The average Bonchev–Trinajstić information content (AvgIpc) is 2.51. The van der Waals surface area contributed by atoms with Crippen molar-refractivity contribution in [3.63, 3.8) is 0 Å². The molecule has 0 amide bonds. The molecule has 2 N–H and O–H groups in total. The summed E-state index contributed by atoms with van der Waals surface area (Å²) in [4.78, 5) is 0. The summed E-state index contributed by atoms with van der Waals surface area (Å²) in [6, 6.07) is -0.502. The highest BCUT2D eigenvalue weighted by atomic mass is 32.2. The fraction of sp³-hybridized carbons (Fsp3) is 1.00. The summed E-state index contributed by atoms with van der Waals surface area (Å²) in [5.41, 5.74) is 0. The van der Waals surface area contributed by atoms with Crippen LogP contribution in [0, 0.1) is 0 Å². The first kappa shape index (κ1) is 10.9. The van der Waals surface area contributed by atoms with Gasteiger partial charge in [-0.05, 0) is 0 Å². The van der Waals surface area contributed by atoms with Gasteiger partial charge in [-0.15, -0.1) is 0 Å². The molecule has 0 aliphatic carbocycles. The number of hydrogen-bond donors (Lipinski definition) is 2. The van der Waals surface area contributed by atoms with Gasteiger partial charge in [-0.1, -0.05) is 0 Å². The van der Waals surface area contributed by atoms with E-state index in [0.717, 1.165) is 0 Å². The lowest BCUT2D eigenvalue weighted by Crippen LogP contribution is -2.65. The molecule has 16 heavy (non-hydrogen) atoms. The maximum Gasteiger partial charge on any atom is 0.153 e. The van der Waals surface area contributed by atoms with Crippen molar-refractivity contribution >= 4 is 19.7 Å². The number of hydrogen-bond acceptors (Lipinski definition) is 6. The van der Waals surface area contributed by atoms with Gasteiger partial charge in [0.1, 0.15) is 0 Å². The summed E-state index contributed by atoms with van der Waals surface area (Å²) in [5, 5.41) is 6.34. The molecule has 92 valence electrons. The van der Waals surface area contributed by atoms with Gasteiger partial charge in [0.05, 0.1) is 23.0 Å². The van der Waals surface area contributed by atoms with Crippen LogP contribution in [0.5, 0.6) is 0 Å². The smallest absolute Gasteiger partial charge is 0.153 e. The van der Waals surface area contributed by atoms with Crippen molar-refractivity contribution in [2.45, 2.75) is 24.2 Å². The average molecular weight is 266 g/mol. The molecule has 4 atom stereocenters. The van der Waals surface area contributed by atoms with Crippen LogP contribution >= 0.6 is 0 Å². The normalized spacial score (nSPS) is 48.5. The molecule has 3 saturated heterocycles. The van der Waals surface area contributed by atoms with Crippen molar-refractivity contribution in [3.05, 3.63) is 0 Å². The molecule has 3 aliphatic rings. The number of piperazine rings is 1. The van der Waals surface area contributed by atoms with Gasteiger partial charge in [-0.25, -0.2) is 16.8 Å². The van der Waals surface area contributed by atoms with E-state index in [1.54, 1.807) is 0 Å². The molecule has 0 saturated carbocycles. The van der Waals surface area contributed by atoms with Crippen LogP contribution in [-0.2, 0) is 19.7 Å². The van der Waals surface area contributed by atoms with Crippen LogP contribution in [0.3, 0.4) is 0 Å². The van der Waals surface area contributed by atoms with E-state index in [1.165, 1.54) is 0 Å². The largest absolute Gasteiger partial charge is 0.306 e. The molecular formula is C8H14N2O4S2. The molecule has 0 radical (unpaired) electrons. The van der Waals surface area contributed by atoms with Crippen LogP contribution in [0.15, 0.2) is 0 Å². The molecule has 0 spiro atoms. The number of fused-ring (bicyclic) bond motifs is 2. The summed E-state index contributed by atoms with van der Waals surface area (Å²) >= 11 is 0. The van der Waals surface area contributed by atoms with E-state index in [-0.39, 0.29) is 47.2 Å². The zero-order valence-corrected chi connectivity index (χ0v) is 10.2. The highest BCUT2D eigenvalue weighted by molar-refractivity contribution is 7.92. The van der Waals surface area contributed by atoms with Crippen molar-refractivity contribution in [2.24, 2.45) is 0 Å². The fourth-order valence-corrected chi connectivity index (χ4v) is 6.68. The van der Waals surface area contributed by atoms with Crippen LogP contribution in [0.2, 0.25) is 0 Å². The first-order valence-corrected chi connectivity index (χ1v) is 8.92. The van der Waals surface area contributed by atoms with E-state index in [4.69, 9.17) is 0 Å². The summed E-state index contributed by atoms with van der Waals surface area (Å²) in [7, 11) is -5.93. The van der Waals surface area contributed by atoms with Crippen LogP contribution < -0.4 is 10.6 Å². The fourth-order valence-electron chi connectivity index (χ4n) is 2.90. The Balaban J connectivity index is 1.83. The summed E-state index contributed by atoms with van der Waals surface area (Å²) in [6.45, 7) is 0. The van der Waals surface area contributed by atoms with Crippen molar-refractivity contribution in [2.75, 3.05) is 23.0 Å². The molecule has 0 bridgehead atoms. The minimum absolute atomic E-state index is 0.119. The Bertz CT molecular complexity index is 432. The molecule has 3 aliphatic heterocycles. The van der Waals surface area contributed by atoms with Crippen molar-refractivity contribution < 1.29 is 16.8 Å². The second-order valence-corrected chi connectivity index (χ2v) is 9.22. The van der Waals surface area contributed by atoms with Gasteiger partial charge in [-0.2, -0.15) is 0 Å². The minimum atomic E-state index is -2.96. The quantitative estimate of drug-likeness (QED) is 0.504. The predicted molar refractivity (Wildman–Crippen MR) is 58.7 cm³/mol. The van der Waals surface area contributed by atoms with Gasteiger partial charge in [0, 0.05) is 24.2 Å². The van der Waals surface area contributed by atoms with Gasteiger partial charge < -0.3 is 10.6 Å². The van der Waals surface area contributed by atoms with Gasteiger partial charge in [-0.3, -0.25) is 0 Å². The van der Waals surface area contributed by atoms with Crippen LogP contribution in [-0.4, -0.2) is 64.0 Å². The van der Waals surface area contributed by atoms with Crippen molar-refractivity contribution in [1.82, 2.24) is 10.6 Å². The van der Waals surface area contributed by atoms with Crippen molar-refractivity contribution in [1.29, 1.82) is 0 Å². The lowest BCUT2D eigenvalue weighted by Gasteiger charge is -2.35. The Morgan fingerprint density at radius 2 is 0.875 bits per heavy atom. The van der Waals surface area contributed by atoms with E-state index in [2.05, 4.69) is 10.6 Å². The van der Waals surface area contributed by atoms with Gasteiger partial charge in [0.25, 0.3) is 0 Å². The zero-order valence-electron chi connectivity index (χ0n) is 8.59. The highest BCUT2D eigenvalue weighted by Gasteiger charge is 2.49. The molecule has 6 nitrogen and oxygen atoms in total. The summed E-state index contributed by atoms with van der Waals surface area (Å²) < 4.78 is 45.8.